The number of hydrogen-bond donors (Lipinski definition) is 3. The van der Waals surface area contributed by atoms with Crippen molar-refractivity contribution < 1.29 is 15.3 Å². The first kappa shape index (κ1) is 14.7. The molecule has 0 heterocycles. The van der Waals surface area contributed by atoms with Crippen molar-refractivity contribution in [3.05, 3.63) is 12.7 Å². The maximum atomic E-state index is 9.69. The SMILES string of the molecule is C=C[C@H](O)C[C@@H](O)[C@H](O)CCCCCC1CC1. The van der Waals surface area contributed by atoms with E-state index in [1.807, 2.05) is 0 Å². The average Bonchev–Trinajstić information content (AvgIpc) is 3.12. The minimum Gasteiger partial charge on any atom is -0.390 e. The predicted octanol–water partition coefficient (Wildman–Crippen LogP) is 2.01. The van der Waals surface area contributed by atoms with Crippen LogP contribution in [0, 0.1) is 5.92 Å². The zero-order valence-corrected chi connectivity index (χ0v) is 10.6. The maximum Gasteiger partial charge on any atom is 0.0826 e. The molecule has 3 heteroatoms. The second kappa shape index (κ2) is 7.85. The third-order valence-electron chi connectivity index (χ3n) is 3.51. The molecule has 1 rings (SSSR count). The van der Waals surface area contributed by atoms with E-state index in [2.05, 4.69) is 6.58 Å². The molecule has 0 aliphatic heterocycles. The van der Waals surface area contributed by atoms with E-state index >= 15 is 0 Å². The number of aliphatic hydroxyl groups excluding tert-OH is 3. The molecule has 3 atom stereocenters. The van der Waals surface area contributed by atoms with Gasteiger partial charge in [0.15, 0.2) is 0 Å². The average molecular weight is 242 g/mol. The zero-order chi connectivity index (χ0) is 12.7. The normalized spacial score (nSPS) is 20.9. The van der Waals surface area contributed by atoms with Crippen LogP contribution in [0.25, 0.3) is 0 Å². The van der Waals surface area contributed by atoms with Gasteiger partial charge in [0.1, 0.15) is 0 Å². The smallest absolute Gasteiger partial charge is 0.0826 e. The highest BCUT2D eigenvalue weighted by Gasteiger charge is 2.21. The molecule has 0 saturated heterocycles. The van der Waals surface area contributed by atoms with Gasteiger partial charge in [0, 0.05) is 6.42 Å². The lowest BCUT2D eigenvalue weighted by molar-refractivity contribution is -0.00909. The van der Waals surface area contributed by atoms with E-state index in [0.29, 0.717) is 6.42 Å². The summed E-state index contributed by atoms with van der Waals surface area (Å²) in [5.41, 5.74) is 0. The summed E-state index contributed by atoms with van der Waals surface area (Å²) in [6, 6.07) is 0. The minimum atomic E-state index is -0.841. The van der Waals surface area contributed by atoms with Crippen LogP contribution >= 0.6 is 0 Å². The van der Waals surface area contributed by atoms with Gasteiger partial charge in [0.2, 0.25) is 0 Å². The van der Waals surface area contributed by atoms with E-state index in [4.69, 9.17) is 0 Å². The molecule has 0 aromatic rings. The van der Waals surface area contributed by atoms with Gasteiger partial charge in [-0.15, -0.1) is 6.58 Å². The van der Waals surface area contributed by atoms with Crippen molar-refractivity contribution in [1.29, 1.82) is 0 Å². The largest absolute Gasteiger partial charge is 0.390 e. The lowest BCUT2D eigenvalue weighted by Gasteiger charge is -2.19. The molecule has 0 aromatic heterocycles. The summed E-state index contributed by atoms with van der Waals surface area (Å²) in [5.74, 6) is 0.980. The Kier molecular flexibility index (Phi) is 6.78. The van der Waals surface area contributed by atoms with Crippen molar-refractivity contribution in [2.75, 3.05) is 0 Å². The third kappa shape index (κ3) is 6.81. The van der Waals surface area contributed by atoms with Crippen LogP contribution in [0.4, 0.5) is 0 Å². The van der Waals surface area contributed by atoms with Crippen molar-refractivity contribution in [3.8, 4) is 0 Å². The Hall–Kier alpha value is -0.380. The first-order valence-corrected chi connectivity index (χ1v) is 6.80. The molecule has 3 nitrogen and oxygen atoms in total. The molecule has 0 aromatic carbocycles. The van der Waals surface area contributed by atoms with Gasteiger partial charge in [-0.1, -0.05) is 44.6 Å². The van der Waals surface area contributed by atoms with Crippen molar-refractivity contribution in [3.63, 3.8) is 0 Å². The molecule has 17 heavy (non-hydrogen) atoms. The van der Waals surface area contributed by atoms with Crippen LogP contribution in [0.2, 0.25) is 0 Å². The number of hydrogen-bond acceptors (Lipinski definition) is 3. The second-order valence-corrected chi connectivity index (χ2v) is 5.25. The highest BCUT2D eigenvalue weighted by Crippen LogP contribution is 2.34. The van der Waals surface area contributed by atoms with E-state index in [1.54, 1.807) is 0 Å². The summed E-state index contributed by atoms with van der Waals surface area (Å²) in [4.78, 5) is 0. The Balaban J connectivity index is 1.97. The molecule has 1 saturated carbocycles. The summed E-state index contributed by atoms with van der Waals surface area (Å²) in [7, 11) is 0. The molecule has 0 spiro atoms. The summed E-state index contributed by atoms with van der Waals surface area (Å²) in [5, 5.41) is 28.6. The van der Waals surface area contributed by atoms with Crippen LogP contribution in [0.5, 0.6) is 0 Å². The van der Waals surface area contributed by atoms with Gasteiger partial charge in [0.05, 0.1) is 18.3 Å². The maximum absolute atomic E-state index is 9.69. The van der Waals surface area contributed by atoms with Crippen LogP contribution in [0.3, 0.4) is 0 Å². The molecule has 1 fully saturated rings. The van der Waals surface area contributed by atoms with Gasteiger partial charge >= 0.3 is 0 Å². The fraction of sp³-hybridized carbons (Fsp3) is 0.857. The van der Waals surface area contributed by atoms with Gasteiger partial charge in [-0.25, -0.2) is 0 Å². The Morgan fingerprint density at radius 3 is 2.35 bits per heavy atom. The summed E-state index contributed by atoms with van der Waals surface area (Å²) in [6.45, 7) is 3.44. The van der Waals surface area contributed by atoms with Crippen LogP contribution in [0.1, 0.15) is 51.4 Å². The highest BCUT2D eigenvalue weighted by molar-refractivity contribution is 4.82. The van der Waals surface area contributed by atoms with E-state index in [-0.39, 0.29) is 6.42 Å². The molecular formula is C14H26O3. The molecule has 0 bridgehead atoms. The number of rotatable bonds is 10. The van der Waals surface area contributed by atoms with Gasteiger partial charge in [-0.2, -0.15) is 0 Å². The third-order valence-corrected chi connectivity index (χ3v) is 3.51. The predicted molar refractivity (Wildman–Crippen MR) is 68.6 cm³/mol. The van der Waals surface area contributed by atoms with Crippen LogP contribution in [-0.2, 0) is 0 Å². The standard InChI is InChI=1S/C14H26O3/c1-2-12(15)10-14(17)13(16)7-5-3-4-6-11-8-9-11/h2,11-17H,1,3-10H2/t12-,13+,14+/m0/s1. The van der Waals surface area contributed by atoms with E-state index in [0.717, 1.165) is 18.8 Å². The summed E-state index contributed by atoms with van der Waals surface area (Å²) >= 11 is 0. The lowest BCUT2D eigenvalue weighted by Crippen LogP contribution is -2.29. The first-order valence-electron chi connectivity index (χ1n) is 6.80. The molecule has 0 unspecified atom stereocenters. The molecule has 100 valence electrons. The van der Waals surface area contributed by atoms with E-state index in [9.17, 15) is 15.3 Å². The van der Waals surface area contributed by atoms with Gasteiger partial charge in [-0.05, 0) is 12.3 Å². The van der Waals surface area contributed by atoms with E-state index < -0.39 is 18.3 Å². The van der Waals surface area contributed by atoms with Crippen molar-refractivity contribution >= 4 is 0 Å². The van der Waals surface area contributed by atoms with Gasteiger partial charge in [0.25, 0.3) is 0 Å². The van der Waals surface area contributed by atoms with Crippen LogP contribution < -0.4 is 0 Å². The first-order chi connectivity index (χ1) is 8.13. The van der Waals surface area contributed by atoms with Crippen LogP contribution in [0.15, 0.2) is 12.7 Å². The molecule has 0 amide bonds. The van der Waals surface area contributed by atoms with Crippen molar-refractivity contribution in [1.82, 2.24) is 0 Å². The quantitative estimate of drug-likeness (QED) is 0.405. The van der Waals surface area contributed by atoms with E-state index in [1.165, 1.54) is 31.8 Å². The Bertz CT molecular complexity index is 214. The fourth-order valence-corrected chi connectivity index (χ4v) is 2.06. The minimum absolute atomic E-state index is 0.173. The Morgan fingerprint density at radius 1 is 1.06 bits per heavy atom. The number of unbranched alkanes of at least 4 members (excludes halogenated alkanes) is 2. The Labute approximate surface area is 104 Å². The Morgan fingerprint density at radius 2 is 1.76 bits per heavy atom. The monoisotopic (exact) mass is 242 g/mol. The topological polar surface area (TPSA) is 60.7 Å². The number of aliphatic hydroxyl groups is 3. The van der Waals surface area contributed by atoms with Crippen molar-refractivity contribution in [2.45, 2.75) is 69.7 Å². The molecule has 1 aliphatic carbocycles. The lowest BCUT2D eigenvalue weighted by atomic mass is 10.0. The summed E-state index contributed by atoms with van der Waals surface area (Å²) < 4.78 is 0. The fourth-order valence-electron chi connectivity index (χ4n) is 2.06. The highest BCUT2D eigenvalue weighted by atomic mass is 16.3. The van der Waals surface area contributed by atoms with Crippen molar-refractivity contribution in [2.24, 2.45) is 5.92 Å². The molecule has 1 aliphatic rings. The van der Waals surface area contributed by atoms with Crippen LogP contribution in [-0.4, -0.2) is 33.6 Å². The zero-order valence-electron chi connectivity index (χ0n) is 10.6. The molecule has 3 N–H and O–H groups in total. The molecule has 0 radical (unpaired) electrons. The second-order valence-electron chi connectivity index (χ2n) is 5.25. The van der Waals surface area contributed by atoms with Gasteiger partial charge in [-0.3, -0.25) is 0 Å². The molecular weight excluding hydrogens is 216 g/mol. The summed E-state index contributed by atoms with van der Waals surface area (Å²) in [6.07, 6.45) is 7.34. The van der Waals surface area contributed by atoms with Gasteiger partial charge < -0.3 is 15.3 Å².